The monoisotopic (exact) mass is 273 g/mol. The lowest BCUT2D eigenvalue weighted by Gasteiger charge is -2.39. The van der Waals surface area contributed by atoms with Crippen LogP contribution < -0.4 is 4.90 Å². The predicted octanol–water partition coefficient (Wildman–Crippen LogP) is 3.69. The molecule has 0 N–H and O–H groups in total. The second-order valence-corrected chi connectivity index (χ2v) is 5.26. The van der Waals surface area contributed by atoms with Crippen LogP contribution >= 0.6 is 23.2 Å². The molecule has 1 aliphatic heterocycles. The van der Waals surface area contributed by atoms with Crippen LogP contribution in [0, 0.1) is 0 Å². The molecule has 1 aliphatic rings. The summed E-state index contributed by atoms with van der Waals surface area (Å²) in [6, 6.07) is 6.23. The number of hydrogen-bond acceptors (Lipinski definition) is 2. The second kappa shape index (κ2) is 5.47. The largest absolute Gasteiger partial charge is 0.375 e. The molecular weight excluding hydrogens is 257 g/mol. The van der Waals surface area contributed by atoms with Crippen molar-refractivity contribution in [2.45, 2.75) is 31.9 Å². The minimum atomic E-state index is 0.244. The van der Waals surface area contributed by atoms with Gasteiger partial charge in [-0.2, -0.15) is 0 Å². The Balaban J connectivity index is 2.33. The maximum absolute atomic E-state index is 6.08. The van der Waals surface area contributed by atoms with E-state index >= 15 is 0 Å². The van der Waals surface area contributed by atoms with Gasteiger partial charge >= 0.3 is 0 Å². The van der Waals surface area contributed by atoms with Gasteiger partial charge in [0.15, 0.2) is 0 Å². The van der Waals surface area contributed by atoms with Gasteiger partial charge in [0.2, 0.25) is 0 Å². The van der Waals surface area contributed by atoms with E-state index in [1.54, 1.807) is 0 Å². The third-order valence-electron chi connectivity index (χ3n) is 3.11. The summed E-state index contributed by atoms with van der Waals surface area (Å²) in [6.07, 6.45) is 0.244. The average Bonchev–Trinajstić information content (AvgIpc) is 2.32. The van der Waals surface area contributed by atoms with Gasteiger partial charge in [-0.15, -0.1) is 11.6 Å². The van der Waals surface area contributed by atoms with Gasteiger partial charge in [-0.05, 0) is 31.5 Å². The molecule has 0 aromatic heterocycles. The molecule has 0 spiro atoms. The SMILES string of the molecule is CC1CN(c2cc(Cl)ccc2CCl)C(C)CO1. The fraction of sp³-hybridized carbons (Fsp3) is 0.538. The quantitative estimate of drug-likeness (QED) is 0.762. The highest BCUT2D eigenvalue weighted by molar-refractivity contribution is 6.31. The molecular formula is C13H17Cl2NO. The first-order chi connectivity index (χ1) is 8.11. The Kier molecular flexibility index (Phi) is 4.18. The van der Waals surface area contributed by atoms with Crippen molar-refractivity contribution in [3.8, 4) is 0 Å². The summed E-state index contributed by atoms with van der Waals surface area (Å²) in [5.74, 6) is 0.505. The van der Waals surface area contributed by atoms with Gasteiger partial charge in [0, 0.05) is 29.2 Å². The minimum Gasteiger partial charge on any atom is -0.375 e. The molecule has 0 aliphatic carbocycles. The molecule has 1 aromatic rings. The molecule has 2 rings (SSSR count). The summed E-state index contributed by atoms with van der Waals surface area (Å²) in [4.78, 5) is 2.33. The van der Waals surface area contributed by atoms with Crippen molar-refractivity contribution in [1.82, 2.24) is 0 Å². The lowest BCUT2D eigenvalue weighted by atomic mass is 10.1. The lowest BCUT2D eigenvalue weighted by molar-refractivity contribution is 0.0343. The van der Waals surface area contributed by atoms with Crippen molar-refractivity contribution in [3.63, 3.8) is 0 Å². The van der Waals surface area contributed by atoms with E-state index < -0.39 is 0 Å². The highest BCUT2D eigenvalue weighted by Gasteiger charge is 2.25. The second-order valence-electron chi connectivity index (χ2n) is 4.55. The van der Waals surface area contributed by atoms with Crippen LogP contribution in [0.2, 0.25) is 5.02 Å². The van der Waals surface area contributed by atoms with Crippen molar-refractivity contribution in [1.29, 1.82) is 0 Å². The topological polar surface area (TPSA) is 12.5 Å². The third-order valence-corrected chi connectivity index (χ3v) is 3.63. The Morgan fingerprint density at radius 1 is 1.41 bits per heavy atom. The van der Waals surface area contributed by atoms with E-state index in [9.17, 15) is 0 Å². The molecule has 0 amide bonds. The van der Waals surface area contributed by atoms with Gasteiger partial charge in [0.1, 0.15) is 0 Å². The minimum absolute atomic E-state index is 0.244. The summed E-state index contributed by atoms with van der Waals surface area (Å²) in [5, 5.41) is 0.750. The number of anilines is 1. The van der Waals surface area contributed by atoms with Crippen LogP contribution in [-0.4, -0.2) is 25.3 Å². The molecule has 1 aromatic carbocycles. The van der Waals surface area contributed by atoms with Crippen LogP contribution in [0.15, 0.2) is 18.2 Å². The Hall–Kier alpha value is -0.440. The van der Waals surface area contributed by atoms with Crippen LogP contribution in [0.4, 0.5) is 5.69 Å². The number of morpholine rings is 1. The normalized spacial score (nSPS) is 25.1. The van der Waals surface area contributed by atoms with Crippen molar-refractivity contribution >= 4 is 28.9 Å². The summed E-state index contributed by atoms with van der Waals surface area (Å²) in [5.41, 5.74) is 2.26. The first kappa shape index (κ1) is 13.0. The third kappa shape index (κ3) is 2.87. The zero-order valence-electron chi connectivity index (χ0n) is 10.1. The van der Waals surface area contributed by atoms with Gasteiger partial charge in [0.05, 0.1) is 12.7 Å². The molecule has 1 heterocycles. The van der Waals surface area contributed by atoms with E-state index in [0.717, 1.165) is 29.4 Å². The van der Waals surface area contributed by atoms with Gasteiger partial charge in [-0.1, -0.05) is 17.7 Å². The number of halogens is 2. The highest BCUT2D eigenvalue weighted by atomic mass is 35.5. The molecule has 1 fully saturated rings. The molecule has 0 radical (unpaired) electrons. The van der Waals surface area contributed by atoms with E-state index in [1.165, 1.54) is 0 Å². The van der Waals surface area contributed by atoms with Gasteiger partial charge < -0.3 is 9.64 Å². The summed E-state index contributed by atoms with van der Waals surface area (Å²) >= 11 is 12.1. The van der Waals surface area contributed by atoms with Crippen molar-refractivity contribution in [2.24, 2.45) is 0 Å². The van der Waals surface area contributed by atoms with Crippen LogP contribution in [0.5, 0.6) is 0 Å². The van der Waals surface area contributed by atoms with Crippen molar-refractivity contribution in [3.05, 3.63) is 28.8 Å². The zero-order chi connectivity index (χ0) is 12.4. The van der Waals surface area contributed by atoms with Crippen LogP contribution in [0.1, 0.15) is 19.4 Å². The van der Waals surface area contributed by atoms with Gasteiger partial charge in [-0.3, -0.25) is 0 Å². The van der Waals surface area contributed by atoms with Gasteiger partial charge in [0.25, 0.3) is 0 Å². The Labute approximate surface area is 112 Å². The fourth-order valence-corrected chi connectivity index (χ4v) is 2.55. The predicted molar refractivity (Wildman–Crippen MR) is 73.2 cm³/mol. The average molecular weight is 274 g/mol. The molecule has 2 nitrogen and oxygen atoms in total. The molecule has 17 heavy (non-hydrogen) atoms. The molecule has 1 saturated heterocycles. The molecule has 94 valence electrons. The number of ether oxygens (including phenoxy) is 1. The Bertz CT molecular complexity index is 397. The number of benzene rings is 1. The van der Waals surface area contributed by atoms with E-state index in [4.69, 9.17) is 27.9 Å². The number of rotatable bonds is 2. The number of alkyl halides is 1. The smallest absolute Gasteiger partial charge is 0.0723 e. The van der Waals surface area contributed by atoms with E-state index in [0.29, 0.717) is 11.9 Å². The van der Waals surface area contributed by atoms with E-state index in [1.807, 2.05) is 18.2 Å². The standard InChI is InChI=1S/C13H17Cl2NO/c1-9-8-17-10(2)7-16(9)13-5-12(15)4-3-11(13)6-14/h3-5,9-10H,6-8H2,1-2H3. The molecule has 0 saturated carbocycles. The zero-order valence-corrected chi connectivity index (χ0v) is 11.6. The molecule has 2 unspecified atom stereocenters. The summed E-state index contributed by atoms with van der Waals surface area (Å²) in [7, 11) is 0. The summed E-state index contributed by atoms with van der Waals surface area (Å²) in [6.45, 7) is 5.87. The van der Waals surface area contributed by atoms with Crippen LogP contribution in [0.25, 0.3) is 0 Å². The first-order valence-corrected chi connectivity index (χ1v) is 6.75. The van der Waals surface area contributed by atoms with Crippen molar-refractivity contribution in [2.75, 3.05) is 18.1 Å². The number of nitrogens with zero attached hydrogens (tertiary/aromatic N) is 1. The van der Waals surface area contributed by atoms with Crippen LogP contribution in [-0.2, 0) is 10.6 Å². The maximum atomic E-state index is 6.08. The van der Waals surface area contributed by atoms with Crippen molar-refractivity contribution < 1.29 is 4.74 Å². The van der Waals surface area contributed by atoms with E-state index in [-0.39, 0.29) is 6.10 Å². The summed E-state index contributed by atoms with van der Waals surface area (Å²) < 4.78 is 5.64. The molecule has 2 atom stereocenters. The lowest BCUT2D eigenvalue weighted by Crippen LogP contribution is -2.47. The van der Waals surface area contributed by atoms with Crippen LogP contribution in [0.3, 0.4) is 0 Å². The van der Waals surface area contributed by atoms with E-state index in [2.05, 4.69) is 18.7 Å². The first-order valence-electron chi connectivity index (χ1n) is 5.84. The Morgan fingerprint density at radius 3 is 2.88 bits per heavy atom. The fourth-order valence-electron chi connectivity index (χ4n) is 2.16. The maximum Gasteiger partial charge on any atom is 0.0723 e. The highest BCUT2D eigenvalue weighted by Crippen LogP contribution is 2.29. The molecule has 4 heteroatoms. The number of hydrogen-bond donors (Lipinski definition) is 0. The molecule has 0 bridgehead atoms. The Morgan fingerprint density at radius 2 is 2.18 bits per heavy atom. The van der Waals surface area contributed by atoms with Gasteiger partial charge in [-0.25, -0.2) is 0 Å².